The summed E-state index contributed by atoms with van der Waals surface area (Å²) in [7, 11) is 0. The standard InChI is InChI=1S/C16H24N2O/c1-4-12-13(19-11-7-5-6-8-11)9-17-15-14(12)16(2,3)10-18-15/h9,11H,4-8,10H2,1-3H3,(H,17,18). The van der Waals surface area contributed by atoms with Gasteiger partial charge >= 0.3 is 0 Å². The van der Waals surface area contributed by atoms with Crippen LogP contribution in [0.15, 0.2) is 6.20 Å². The molecule has 1 aromatic heterocycles. The van der Waals surface area contributed by atoms with Crippen molar-refractivity contribution >= 4 is 5.82 Å². The molecule has 0 unspecified atom stereocenters. The summed E-state index contributed by atoms with van der Waals surface area (Å²) in [4.78, 5) is 4.57. The molecule has 0 aromatic carbocycles. The largest absolute Gasteiger partial charge is 0.489 e. The van der Waals surface area contributed by atoms with E-state index in [-0.39, 0.29) is 5.41 Å². The Bertz CT molecular complexity index is 476. The van der Waals surface area contributed by atoms with Gasteiger partial charge in [-0.1, -0.05) is 20.8 Å². The predicted octanol–water partition coefficient (Wildman–Crippen LogP) is 3.67. The normalized spacial score (nSPS) is 21.2. The Kier molecular flexibility index (Phi) is 3.15. The van der Waals surface area contributed by atoms with Crippen molar-refractivity contribution in [2.45, 2.75) is 64.4 Å². The lowest BCUT2D eigenvalue weighted by Gasteiger charge is -2.23. The summed E-state index contributed by atoms with van der Waals surface area (Å²) in [5.74, 6) is 2.07. The van der Waals surface area contributed by atoms with Gasteiger partial charge < -0.3 is 10.1 Å². The molecule has 0 saturated heterocycles. The summed E-state index contributed by atoms with van der Waals surface area (Å²) in [6, 6.07) is 0. The molecule has 0 spiro atoms. The van der Waals surface area contributed by atoms with Gasteiger partial charge in [0.05, 0.1) is 12.3 Å². The topological polar surface area (TPSA) is 34.1 Å². The Morgan fingerprint density at radius 1 is 1.37 bits per heavy atom. The molecule has 3 heteroatoms. The van der Waals surface area contributed by atoms with Crippen LogP contribution in [0, 0.1) is 0 Å². The summed E-state index contributed by atoms with van der Waals surface area (Å²) in [5.41, 5.74) is 2.88. The molecule has 3 nitrogen and oxygen atoms in total. The molecule has 0 atom stereocenters. The number of aromatic nitrogens is 1. The highest BCUT2D eigenvalue weighted by Gasteiger charge is 2.34. The lowest BCUT2D eigenvalue weighted by Crippen LogP contribution is -2.21. The lowest BCUT2D eigenvalue weighted by molar-refractivity contribution is 0.207. The minimum absolute atomic E-state index is 0.155. The highest BCUT2D eigenvalue weighted by Crippen LogP contribution is 2.41. The Hall–Kier alpha value is -1.25. The van der Waals surface area contributed by atoms with Crippen LogP contribution < -0.4 is 10.1 Å². The number of hydrogen-bond donors (Lipinski definition) is 1. The van der Waals surface area contributed by atoms with Crippen LogP contribution in [0.25, 0.3) is 0 Å². The fourth-order valence-electron chi connectivity index (χ4n) is 3.43. The first-order valence-corrected chi connectivity index (χ1v) is 7.54. The van der Waals surface area contributed by atoms with Crippen LogP contribution >= 0.6 is 0 Å². The van der Waals surface area contributed by atoms with Crippen LogP contribution in [0.2, 0.25) is 0 Å². The average molecular weight is 260 g/mol. The van der Waals surface area contributed by atoms with Gasteiger partial charge in [0.1, 0.15) is 11.6 Å². The second-order valence-electron chi connectivity index (χ2n) is 6.44. The number of fused-ring (bicyclic) bond motifs is 1. The first-order chi connectivity index (χ1) is 9.12. The number of hydrogen-bond acceptors (Lipinski definition) is 3. The molecule has 1 saturated carbocycles. The zero-order chi connectivity index (χ0) is 13.5. The molecule has 1 aliphatic heterocycles. The molecule has 19 heavy (non-hydrogen) atoms. The molecule has 1 N–H and O–H groups in total. The van der Waals surface area contributed by atoms with E-state index in [0.29, 0.717) is 6.10 Å². The van der Waals surface area contributed by atoms with E-state index in [1.54, 1.807) is 0 Å². The first kappa shape index (κ1) is 12.8. The Morgan fingerprint density at radius 3 is 2.79 bits per heavy atom. The van der Waals surface area contributed by atoms with Gasteiger partial charge in [0.15, 0.2) is 0 Å². The summed E-state index contributed by atoms with van der Waals surface area (Å²) in [6.07, 6.45) is 8.34. The van der Waals surface area contributed by atoms with Gasteiger partial charge in [-0.25, -0.2) is 4.98 Å². The van der Waals surface area contributed by atoms with E-state index in [9.17, 15) is 0 Å². The van der Waals surface area contributed by atoms with E-state index in [0.717, 1.165) is 24.5 Å². The van der Waals surface area contributed by atoms with E-state index in [4.69, 9.17) is 4.74 Å². The van der Waals surface area contributed by atoms with E-state index >= 15 is 0 Å². The van der Waals surface area contributed by atoms with E-state index < -0.39 is 0 Å². The van der Waals surface area contributed by atoms with Gasteiger partial charge in [0, 0.05) is 23.1 Å². The van der Waals surface area contributed by atoms with Crippen LogP contribution in [0.5, 0.6) is 5.75 Å². The second kappa shape index (κ2) is 4.69. The Balaban J connectivity index is 1.97. The molecule has 2 heterocycles. The van der Waals surface area contributed by atoms with Crippen molar-refractivity contribution in [2.24, 2.45) is 0 Å². The highest BCUT2D eigenvalue weighted by atomic mass is 16.5. The van der Waals surface area contributed by atoms with E-state index in [1.165, 1.54) is 36.8 Å². The maximum atomic E-state index is 6.23. The third kappa shape index (κ3) is 2.19. The minimum Gasteiger partial charge on any atom is -0.489 e. The second-order valence-corrected chi connectivity index (χ2v) is 6.44. The number of nitrogens with one attached hydrogen (secondary N) is 1. The van der Waals surface area contributed by atoms with Gasteiger partial charge in [-0.3, -0.25) is 0 Å². The van der Waals surface area contributed by atoms with Crippen LogP contribution in [-0.4, -0.2) is 17.6 Å². The predicted molar refractivity (Wildman–Crippen MR) is 78.0 cm³/mol. The molecule has 0 bridgehead atoms. The summed E-state index contributed by atoms with van der Waals surface area (Å²) in [5, 5.41) is 3.42. The van der Waals surface area contributed by atoms with Crippen molar-refractivity contribution in [2.75, 3.05) is 11.9 Å². The van der Waals surface area contributed by atoms with Crippen molar-refractivity contribution in [3.63, 3.8) is 0 Å². The molecule has 0 amide bonds. The summed E-state index contributed by atoms with van der Waals surface area (Å²) < 4.78 is 6.23. The first-order valence-electron chi connectivity index (χ1n) is 7.54. The molecular formula is C16H24N2O. The zero-order valence-corrected chi connectivity index (χ0v) is 12.3. The molecule has 1 fully saturated rings. The SMILES string of the molecule is CCc1c(OC2CCCC2)cnc2c1C(C)(C)CN2. The van der Waals surface area contributed by atoms with Gasteiger partial charge in [0.25, 0.3) is 0 Å². The highest BCUT2D eigenvalue weighted by molar-refractivity contribution is 5.61. The van der Waals surface area contributed by atoms with Gasteiger partial charge in [-0.05, 0) is 32.1 Å². The van der Waals surface area contributed by atoms with Crippen molar-refractivity contribution in [3.8, 4) is 5.75 Å². The lowest BCUT2D eigenvalue weighted by atomic mass is 9.84. The Labute approximate surface area is 115 Å². The number of rotatable bonds is 3. The zero-order valence-electron chi connectivity index (χ0n) is 12.3. The van der Waals surface area contributed by atoms with Gasteiger partial charge in [-0.15, -0.1) is 0 Å². The molecular weight excluding hydrogens is 236 g/mol. The summed E-state index contributed by atoms with van der Waals surface area (Å²) >= 11 is 0. The molecule has 1 aliphatic carbocycles. The maximum Gasteiger partial charge on any atom is 0.141 e. The number of ether oxygens (including phenoxy) is 1. The third-order valence-electron chi connectivity index (χ3n) is 4.47. The van der Waals surface area contributed by atoms with E-state index in [2.05, 4.69) is 31.1 Å². The molecule has 3 rings (SSSR count). The average Bonchev–Trinajstić information content (AvgIpc) is 2.98. The molecule has 1 aromatic rings. The van der Waals surface area contributed by atoms with Crippen molar-refractivity contribution in [3.05, 3.63) is 17.3 Å². The van der Waals surface area contributed by atoms with Crippen molar-refractivity contribution in [1.29, 1.82) is 0 Å². The molecule has 0 radical (unpaired) electrons. The maximum absolute atomic E-state index is 6.23. The van der Waals surface area contributed by atoms with Gasteiger partial charge in [-0.2, -0.15) is 0 Å². The smallest absolute Gasteiger partial charge is 0.141 e. The quantitative estimate of drug-likeness (QED) is 0.900. The molecule has 2 aliphatic rings. The monoisotopic (exact) mass is 260 g/mol. The van der Waals surface area contributed by atoms with Crippen LogP contribution in [-0.2, 0) is 11.8 Å². The number of pyridine rings is 1. The Morgan fingerprint density at radius 2 is 2.11 bits per heavy atom. The number of anilines is 1. The molecule has 104 valence electrons. The third-order valence-corrected chi connectivity index (χ3v) is 4.47. The van der Waals surface area contributed by atoms with Crippen LogP contribution in [0.4, 0.5) is 5.82 Å². The van der Waals surface area contributed by atoms with Crippen molar-refractivity contribution < 1.29 is 4.74 Å². The minimum atomic E-state index is 0.155. The fraction of sp³-hybridized carbons (Fsp3) is 0.688. The number of nitrogens with zero attached hydrogens (tertiary/aromatic N) is 1. The van der Waals surface area contributed by atoms with Crippen molar-refractivity contribution in [1.82, 2.24) is 4.98 Å². The van der Waals surface area contributed by atoms with Crippen LogP contribution in [0.1, 0.15) is 57.6 Å². The van der Waals surface area contributed by atoms with E-state index in [1.807, 2.05) is 6.20 Å². The van der Waals surface area contributed by atoms with Gasteiger partial charge in [0.2, 0.25) is 0 Å². The summed E-state index contributed by atoms with van der Waals surface area (Å²) in [6.45, 7) is 7.75. The fourth-order valence-corrected chi connectivity index (χ4v) is 3.43. The van der Waals surface area contributed by atoms with Crippen LogP contribution in [0.3, 0.4) is 0 Å².